The number of nitrogens with zero attached hydrogens (tertiary/aromatic N) is 3. The molecule has 0 aliphatic rings. The second kappa shape index (κ2) is 8.17. The van der Waals surface area contributed by atoms with Gasteiger partial charge in [0.15, 0.2) is 0 Å². The molecule has 0 saturated heterocycles. The van der Waals surface area contributed by atoms with Crippen molar-refractivity contribution >= 4 is 33.0 Å². The van der Waals surface area contributed by atoms with Crippen molar-refractivity contribution in [3.63, 3.8) is 0 Å². The fourth-order valence-corrected chi connectivity index (χ4v) is 4.23. The summed E-state index contributed by atoms with van der Waals surface area (Å²) in [5, 5.41) is -0.0712. The van der Waals surface area contributed by atoms with E-state index in [1.165, 1.54) is 36.2 Å². The minimum Gasteiger partial charge on any atom is -0.480 e. The molecule has 0 radical (unpaired) electrons. The van der Waals surface area contributed by atoms with Crippen molar-refractivity contribution in [3.05, 3.63) is 82.0 Å². The molecule has 3 heterocycles. The molecule has 0 bridgehead atoms. The van der Waals surface area contributed by atoms with E-state index in [0.717, 1.165) is 6.07 Å². The van der Waals surface area contributed by atoms with Crippen LogP contribution in [0.15, 0.2) is 64.7 Å². The van der Waals surface area contributed by atoms with E-state index < -0.39 is 32.1 Å². The van der Waals surface area contributed by atoms with Gasteiger partial charge in [-0.15, -0.1) is 0 Å². The van der Waals surface area contributed by atoms with Gasteiger partial charge < -0.3 is 4.74 Å². The molecule has 0 spiro atoms. The summed E-state index contributed by atoms with van der Waals surface area (Å²) < 4.78 is 61.4. The van der Waals surface area contributed by atoms with Crippen LogP contribution in [0.3, 0.4) is 0 Å². The molecule has 8 nitrogen and oxygen atoms in total. The quantitative estimate of drug-likeness (QED) is 0.471. The van der Waals surface area contributed by atoms with Crippen LogP contribution in [0.1, 0.15) is 0 Å². The van der Waals surface area contributed by atoms with E-state index in [1.54, 1.807) is 12.1 Å². The maximum Gasteiger partial charge on any atom is 0.276 e. The van der Waals surface area contributed by atoms with Gasteiger partial charge in [-0.3, -0.25) is 13.9 Å². The van der Waals surface area contributed by atoms with Crippen LogP contribution in [0, 0.1) is 11.6 Å². The summed E-state index contributed by atoms with van der Waals surface area (Å²) in [4.78, 5) is 19.5. The third kappa shape index (κ3) is 3.99. The van der Waals surface area contributed by atoms with Crippen molar-refractivity contribution < 1.29 is 21.9 Å². The van der Waals surface area contributed by atoms with Crippen molar-refractivity contribution in [2.45, 2.75) is 4.90 Å². The van der Waals surface area contributed by atoms with Crippen molar-refractivity contribution in [2.75, 3.05) is 11.8 Å². The molecule has 1 aromatic carbocycles. The number of sulfonamides is 1. The van der Waals surface area contributed by atoms with Crippen LogP contribution < -0.4 is 15.0 Å². The molecule has 1 N–H and O–H groups in total. The van der Waals surface area contributed by atoms with Gasteiger partial charge in [-0.2, -0.15) is 0 Å². The standard InChI is InChI=1S/C20H13ClF2N4O4S/c1-31-19-16(26-32(29,30)17-7-13(22)3-4-15(17)23)6-12(8-25-19)11-2-5-18-24-9-14(21)20(28)27(18)10-11/h2-10,26H,1H3. The number of pyridine rings is 2. The number of methoxy groups -OCH3 is 1. The molecule has 4 rings (SSSR count). The summed E-state index contributed by atoms with van der Waals surface area (Å²) in [7, 11) is -3.24. The molecular weight excluding hydrogens is 466 g/mol. The Labute approximate surface area is 185 Å². The Morgan fingerprint density at radius 3 is 2.59 bits per heavy atom. The molecular formula is C20H13ClF2N4O4S. The van der Waals surface area contributed by atoms with Crippen molar-refractivity contribution in [2.24, 2.45) is 0 Å². The van der Waals surface area contributed by atoms with E-state index in [2.05, 4.69) is 14.7 Å². The Bertz CT molecular complexity index is 1530. The first-order valence-corrected chi connectivity index (χ1v) is 10.7. The average molecular weight is 479 g/mol. The zero-order valence-electron chi connectivity index (χ0n) is 16.2. The predicted molar refractivity (Wildman–Crippen MR) is 113 cm³/mol. The van der Waals surface area contributed by atoms with E-state index in [-0.39, 0.29) is 16.6 Å². The molecule has 0 fully saturated rings. The fourth-order valence-electron chi connectivity index (χ4n) is 2.95. The Hall–Kier alpha value is -3.57. The number of hydrogen-bond acceptors (Lipinski definition) is 6. The van der Waals surface area contributed by atoms with E-state index in [4.69, 9.17) is 16.3 Å². The SMILES string of the molecule is COc1ncc(-c2ccc3ncc(Cl)c(=O)n3c2)cc1NS(=O)(=O)c1cc(F)ccc1F. The Kier molecular flexibility index (Phi) is 5.53. The van der Waals surface area contributed by atoms with Crippen LogP contribution in [-0.2, 0) is 10.0 Å². The first-order valence-electron chi connectivity index (χ1n) is 8.89. The number of ether oxygens (including phenoxy) is 1. The summed E-state index contributed by atoms with van der Waals surface area (Å²) in [6.45, 7) is 0. The third-order valence-corrected chi connectivity index (χ3v) is 6.10. The zero-order valence-corrected chi connectivity index (χ0v) is 17.8. The van der Waals surface area contributed by atoms with Crippen LogP contribution in [0.2, 0.25) is 5.02 Å². The predicted octanol–water partition coefficient (Wildman–Crippen LogP) is 3.50. The van der Waals surface area contributed by atoms with Gasteiger partial charge in [0, 0.05) is 23.5 Å². The number of nitrogens with one attached hydrogen (secondary N) is 1. The smallest absolute Gasteiger partial charge is 0.276 e. The number of aromatic nitrogens is 3. The van der Waals surface area contributed by atoms with Gasteiger partial charge in [0.1, 0.15) is 32.9 Å². The Morgan fingerprint density at radius 2 is 1.84 bits per heavy atom. The van der Waals surface area contributed by atoms with Gasteiger partial charge in [-0.25, -0.2) is 27.2 Å². The highest BCUT2D eigenvalue weighted by molar-refractivity contribution is 7.92. The largest absolute Gasteiger partial charge is 0.480 e. The second-order valence-electron chi connectivity index (χ2n) is 6.52. The molecule has 12 heteroatoms. The van der Waals surface area contributed by atoms with Gasteiger partial charge in [0.25, 0.3) is 15.6 Å². The van der Waals surface area contributed by atoms with Crippen LogP contribution in [-0.4, -0.2) is 29.9 Å². The molecule has 3 aromatic heterocycles. The highest BCUT2D eigenvalue weighted by atomic mass is 35.5. The van der Waals surface area contributed by atoms with Gasteiger partial charge >= 0.3 is 0 Å². The summed E-state index contributed by atoms with van der Waals surface area (Å²) in [6, 6.07) is 6.67. The summed E-state index contributed by atoms with van der Waals surface area (Å²) >= 11 is 5.85. The van der Waals surface area contributed by atoms with Crippen LogP contribution >= 0.6 is 11.6 Å². The highest BCUT2D eigenvalue weighted by Gasteiger charge is 2.22. The Balaban J connectivity index is 1.80. The monoisotopic (exact) mass is 478 g/mol. The van der Waals surface area contributed by atoms with Crippen molar-refractivity contribution in [3.8, 4) is 17.0 Å². The normalized spacial score (nSPS) is 11.5. The molecule has 0 amide bonds. The number of rotatable bonds is 5. The fraction of sp³-hybridized carbons (Fsp3) is 0.0500. The summed E-state index contributed by atoms with van der Waals surface area (Å²) in [6.07, 6.45) is 4.10. The number of halogens is 3. The maximum atomic E-state index is 14.0. The first-order chi connectivity index (χ1) is 15.2. The second-order valence-corrected chi connectivity index (χ2v) is 8.58. The first kappa shape index (κ1) is 21.7. The van der Waals surface area contributed by atoms with E-state index >= 15 is 0 Å². The van der Waals surface area contributed by atoms with Gasteiger partial charge in [0.2, 0.25) is 5.88 Å². The molecule has 0 aliphatic carbocycles. The average Bonchev–Trinajstić information content (AvgIpc) is 2.77. The lowest BCUT2D eigenvalue weighted by Gasteiger charge is -2.13. The molecule has 0 saturated carbocycles. The minimum absolute atomic E-state index is 0.0712. The Morgan fingerprint density at radius 1 is 1.06 bits per heavy atom. The number of fused-ring (bicyclic) bond motifs is 1. The minimum atomic E-state index is -4.51. The molecule has 0 unspecified atom stereocenters. The lowest BCUT2D eigenvalue weighted by Crippen LogP contribution is -2.16. The molecule has 32 heavy (non-hydrogen) atoms. The van der Waals surface area contributed by atoms with Gasteiger partial charge in [0.05, 0.1) is 13.3 Å². The van der Waals surface area contributed by atoms with E-state index in [0.29, 0.717) is 28.9 Å². The van der Waals surface area contributed by atoms with E-state index in [1.807, 2.05) is 0 Å². The van der Waals surface area contributed by atoms with Crippen LogP contribution in [0.5, 0.6) is 5.88 Å². The molecule has 0 atom stereocenters. The summed E-state index contributed by atoms with van der Waals surface area (Å²) in [5.74, 6) is -2.14. The van der Waals surface area contributed by atoms with Crippen LogP contribution in [0.4, 0.5) is 14.5 Å². The third-order valence-electron chi connectivity index (χ3n) is 4.47. The highest BCUT2D eigenvalue weighted by Crippen LogP contribution is 2.30. The number of hydrogen-bond donors (Lipinski definition) is 1. The maximum absolute atomic E-state index is 14.0. The van der Waals surface area contributed by atoms with Crippen molar-refractivity contribution in [1.82, 2.24) is 14.4 Å². The molecule has 4 aromatic rings. The molecule has 0 aliphatic heterocycles. The number of benzene rings is 1. The topological polar surface area (TPSA) is 103 Å². The van der Waals surface area contributed by atoms with Gasteiger partial charge in [-0.1, -0.05) is 11.6 Å². The van der Waals surface area contributed by atoms with Gasteiger partial charge in [-0.05, 0) is 36.4 Å². The van der Waals surface area contributed by atoms with Crippen LogP contribution in [0.25, 0.3) is 16.8 Å². The zero-order chi connectivity index (χ0) is 23.0. The lowest BCUT2D eigenvalue weighted by molar-refractivity contribution is 0.400. The van der Waals surface area contributed by atoms with Crippen molar-refractivity contribution in [1.29, 1.82) is 0 Å². The summed E-state index contributed by atoms with van der Waals surface area (Å²) in [5.41, 5.74) is 0.633. The lowest BCUT2D eigenvalue weighted by atomic mass is 10.1. The molecule has 164 valence electrons. The number of anilines is 1. The van der Waals surface area contributed by atoms with E-state index in [9.17, 15) is 22.0 Å².